The number of aromatic nitrogens is 2. The number of aromatic amines is 1. The first kappa shape index (κ1) is 11.4. The van der Waals surface area contributed by atoms with E-state index >= 15 is 0 Å². The van der Waals surface area contributed by atoms with Gasteiger partial charge in [-0.1, -0.05) is 0 Å². The van der Waals surface area contributed by atoms with Gasteiger partial charge in [0.1, 0.15) is 0 Å². The molecule has 1 aromatic carbocycles. The third-order valence-electron chi connectivity index (χ3n) is 2.36. The number of nitrogens with two attached hydrogens (primary N) is 1. The van der Waals surface area contributed by atoms with Crippen LogP contribution in [-0.4, -0.2) is 33.9 Å². The molecule has 0 fully saturated rings. The number of aliphatic hydroxyl groups excluding tert-OH is 1. The van der Waals surface area contributed by atoms with Crippen LogP contribution in [0.4, 0.5) is 5.69 Å². The van der Waals surface area contributed by atoms with Gasteiger partial charge in [0.15, 0.2) is 5.69 Å². The Bertz CT molecular complexity index is 547. The number of H-pyrrole nitrogens is 1. The van der Waals surface area contributed by atoms with Crippen molar-refractivity contribution in [1.82, 2.24) is 15.5 Å². The molecule has 1 amide bonds. The van der Waals surface area contributed by atoms with Crippen molar-refractivity contribution in [3.05, 3.63) is 23.9 Å². The number of fused-ring (bicyclic) bond motifs is 1. The molecule has 0 saturated heterocycles. The van der Waals surface area contributed by atoms with Crippen molar-refractivity contribution in [2.24, 2.45) is 0 Å². The Morgan fingerprint density at radius 2 is 2.41 bits per heavy atom. The van der Waals surface area contributed by atoms with Crippen molar-refractivity contribution < 1.29 is 9.90 Å². The van der Waals surface area contributed by atoms with Crippen LogP contribution >= 0.6 is 0 Å². The number of carbonyl (C=O) groups is 1. The fraction of sp³-hybridized carbons (Fsp3) is 0.273. The van der Waals surface area contributed by atoms with E-state index in [-0.39, 0.29) is 18.1 Å². The lowest BCUT2D eigenvalue weighted by atomic mass is 10.2. The highest BCUT2D eigenvalue weighted by atomic mass is 16.3. The highest BCUT2D eigenvalue weighted by molar-refractivity contribution is 6.05. The number of amides is 1. The number of hydrogen-bond donors (Lipinski definition) is 4. The third kappa shape index (κ3) is 2.36. The van der Waals surface area contributed by atoms with Crippen molar-refractivity contribution in [1.29, 1.82) is 0 Å². The van der Waals surface area contributed by atoms with Gasteiger partial charge in [0, 0.05) is 17.6 Å². The fourth-order valence-corrected chi connectivity index (χ4v) is 1.53. The van der Waals surface area contributed by atoms with Crippen LogP contribution in [0.1, 0.15) is 17.4 Å². The van der Waals surface area contributed by atoms with E-state index in [0.29, 0.717) is 11.1 Å². The van der Waals surface area contributed by atoms with Crippen molar-refractivity contribution >= 4 is 22.5 Å². The van der Waals surface area contributed by atoms with Gasteiger partial charge >= 0.3 is 0 Å². The van der Waals surface area contributed by atoms with E-state index in [9.17, 15) is 4.79 Å². The molecule has 6 nitrogen and oxygen atoms in total. The summed E-state index contributed by atoms with van der Waals surface area (Å²) in [5.41, 5.74) is 7.27. The van der Waals surface area contributed by atoms with Gasteiger partial charge in [-0.05, 0) is 25.1 Å². The number of benzene rings is 1. The number of nitrogens with one attached hydrogen (secondary N) is 2. The van der Waals surface area contributed by atoms with Crippen LogP contribution in [0, 0.1) is 0 Å². The number of aliphatic hydroxyl groups is 1. The normalized spacial score (nSPS) is 12.6. The largest absolute Gasteiger partial charge is 0.399 e. The van der Waals surface area contributed by atoms with E-state index in [4.69, 9.17) is 10.8 Å². The van der Waals surface area contributed by atoms with Crippen molar-refractivity contribution in [3.63, 3.8) is 0 Å². The molecule has 2 aromatic rings. The van der Waals surface area contributed by atoms with Crippen LogP contribution in [0.5, 0.6) is 0 Å². The fourth-order valence-electron chi connectivity index (χ4n) is 1.53. The van der Waals surface area contributed by atoms with Gasteiger partial charge in [-0.25, -0.2) is 0 Å². The van der Waals surface area contributed by atoms with Gasteiger partial charge in [0.25, 0.3) is 5.91 Å². The minimum absolute atomic E-state index is 0.190. The zero-order valence-corrected chi connectivity index (χ0v) is 9.40. The van der Waals surface area contributed by atoms with Crippen LogP contribution in [0.2, 0.25) is 0 Å². The lowest BCUT2D eigenvalue weighted by Crippen LogP contribution is -2.30. The SMILES string of the molecule is C[C@H](O)CNC(=O)c1n[nH]c2ccc(N)cc12. The molecule has 0 spiro atoms. The summed E-state index contributed by atoms with van der Waals surface area (Å²) in [5.74, 6) is -0.331. The smallest absolute Gasteiger partial charge is 0.272 e. The maximum Gasteiger partial charge on any atom is 0.272 e. The maximum atomic E-state index is 11.8. The topological polar surface area (TPSA) is 104 Å². The average molecular weight is 234 g/mol. The first-order valence-corrected chi connectivity index (χ1v) is 5.28. The summed E-state index contributed by atoms with van der Waals surface area (Å²) in [6, 6.07) is 5.19. The molecule has 17 heavy (non-hydrogen) atoms. The van der Waals surface area contributed by atoms with Gasteiger partial charge in [-0.3, -0.25) is 9.89 Å². The molecule has 0 saturated carbocycles. The summed E-state index contributed by atoms with van der Waals surface area (Å²) in [5, 5.41) is 19.0. The molecule has 2 rings (SSSR count). The van der Waals surface area contributed by atoms with E-state index < -0.39 is 6.10 Å². The lowest BCUT2D eigenvalue weighted by Gasteiger charge is -2.05. The number of nitrogens with zero attached hydrogens (tertiary/aromatic N) is 1. The van der Waals surface area contributed by atoms with Crippen molar-refractivity contribution in [2.45, 2.75) is 13.0 Å². The highest BCUT2D eigenvalue weighted by Gasteiger charge is 2.14. The summed E-state index contributed by atoms with van der Waals surface area (Å²) >= 11 is 0. The molecule has 90 valence electrons. The number of rotatable bonds is 3. The second-order valence-corrected chi connectivity index (χ2v) is 3.94. The Morgan fingerprint density at radius 3 is 3.12 bits per heavy atom. The summed E-state index contributed by atoms with van der Waals surface area (Å²) < 4.78 is 0. The molecule has 0 aliphatic carbocycles. The first-order chi connectivity index (χ1) is 8.08. The maximum absolute atomic E-state index is 11.8. The minimum atomic E-state index is -0.589. The van der Waals surface area contributed by atoms with E-state index in [0.717, 1.165) is 5.52 Å². The van der Waals surface area contributed by atoms with Crippen molar-refractivity contribution in [2.75, 3.05) is 12.3 Å². The molecule has 0 aliphatic heterocycles. The van der Waals surface area contributed by atoms with Crippen molar-refractivity contribution in [3.8, 4) is 0 Å². The molecule has 1 heterocycles. The second kappa shape index (κ2) is 4.42. The van der Waals surface area contributed by atoms with E-state index in [1.54, 1.807) is 25.1 Å². The molecule has 0 bridgehead atoms. The molecule has 6 heteroatoms. The summed E-state index contributed by atoms with van der Waals surface area (Å²) in [6.45, 7) is 1.79. The highest BCUT2D eigenvalue weighted by Crippen LogP contribution is 2.18. The molecular weight excluding hydrogens is 220 g/mol. The van der Waals surface area contributed by atoms with Gasteiger partial charge in [0.05, 0.1) is 11.6 Å². The molecule has 1 aromatic heterocycles. The lowest BCUT2D eigenvalue weighted by molar-refractivity contribution is 0.0920. The quantitative estimate of drug-likeness (QED) is 0.571. The first-order valence-electron chi connectivity index (χ1n) is 5.28. The molecule has 0 unspecified atom stereocenters. The Labute approximate surface area is 97.8 Å². The Kier molecular flexibility index (Phi) is 2.97. The standard InChI is InChI=1S/C11H14N4O2/c1-6(16)5-13-11(17)10-8-4-7(12)2-3-9(8)14-15-10/h2-4,6,16H,5,12H2,1H3,(H,13,17)(H,14,15)/t6-/m0/s1. The number of carbonyl (C=O) groups excluding carboxylic acids is 1. The third-order valence-corrected chi connectivity index (χ3v) is 2.36. The Balaban J connectivity index is 2.29. The van der Waals surface area contributed by atoms with E-state index in [2.05, 4.69) is 15.5 Å². The molecule has 0 radical (unpaired) electrons. The zero-order valence-electron chi connectivity index (χ0n) is 9.40. The Hall–Kier alpha value is -2.08. The molecule has 1 atom stereocenters. The number of nitrogen functional groups attached to an aromatic ring is 1. The van der Waals surface area contributed by atoms with Crippen LogP contribution in [0.25, 0.3) is 10.9 Å². The van der Waals surface area contributed by atoms with Gasteiger partial charge in [-0.15, -0.1) is 0 Å². The van der Waals surface area contributed by atoms with Crippen LogP contribution in [0.15, 0.2) is 18.2 Å². The molecule has 0 aliphatic rings. The number of hydrogen-bond acceptors (Lipinski definition) is 4. The van der Waals surface area contributed by atoms with Gasteiger partial charge in [0.2, 0.25) is 0 Å². The zero-order chi connectivity index (χ0) is 12.4. The van der Waals surface area contributed by atoms with E-state index in [1.165, 1.54) is 0 Å². The van der Waals surface area contributed by atoms with Gasteiger partial charge < -0.3 is 16.2 Å². The van der Waals surface area contributed by atoms with Crippen LogP contribution < -0.4 is 11.1 Å². The van der Waals surface area contributed by atoms with Crippen LogP contribution in [0.3, 0.4) is 0 Å². The summed E-state index contributed by atoms with van der Waals surface area (Å²) in [6.07, 6.45) is -0.589. The van der Waals surface area contributed by atoms with Gasteiger partial charge in [-0.2, -0.15) is 5.10 Å². The second-order valence-electron chi connectivity index (χ2n) is 3.94. The number of anilines is 1. The van der Waals surface area contributed by atoms with E-state index in [1.807, 2.05) is 0 Å². The molecular formula is C11H14N4O2. The molecule has 5 N–H and O–H groups in total. The van der Waals surface area contributed by atoms with Crippen LogP contribution in [-0.2, 0) is 0 Å². The predicted molar refractivity (Wildman–Crippen MR) is 64.5 cm³/mol. The summed E-state index contributed by atoms with van der Waals surface area (Å²) in [4.78, 5) is 11.8. The Morgan fingerprint density at radius 1 is 1.65 bits per heavy atom. The minimum Gasteiger partial charge on any atom is -0.399 e. The average Bonchev–Trinajstić information content (AvgIpc) is 2.68. The monoisotopic (exact) mass is 234 g/mol. The predicted octanol–water partition coefficient (Wildman–Crippen LogP) is 0.256. The summed E-state index contributed by atoms with van der Waals surface area (Å²) in [7, 11) is 0.